The summed E-state index contributed by atoms with van der Waals surface area (Å²) in [5.74, 6) is 5.21. The molecule has 1 aromatic rings. The van der Waals surface area contributed by atoms with Gasteiger partial charge in [-0.05, 0) is 25.0 Å². The number of furan rings is 1. The summed E-state index contributed by atoms with van der Waals surface area (Å²) in [7, 11) is 0. The maximum Gasteiger partial charge on any atom is 0.0935 e. The van der Waals surface area contributed by atoms with Gasteiger partial charge < -0.3 is 4.42 Å². The molecule has 56 valence electrons. The van der Waals surface area contributed by atoms with Crippen molar-refractivity contribution in [3.63, 3.8) is 0 Å². The van der Waals surface area contributed by atoms with Crippen LogP contribution in [0.25, 0.3) is 0 Å². The Hall–Kier alpha value is -0.800. The summed E-state index contributed by atoms with van der Waals surface area (Å²) >= 11 is 0. The van der Waals surface area contributed by atoms with Gasteiger partial charge in [-0.2, -0.15) is 0 Å². The summed E-state index contributed by atoms with van der Waals surface area (Å²) in [6, 6.07) is 2.24. The molecule has 0 amide bonds. The molecule has 3 nitrogen and oxygen atoms in total. The van der Waals surface area contributed by atoms with Gasteiger partial charge >= 0.3 is 0 Å². The zero-order valence-electron chi connectivity index (χ0n) is 6.00. The van der Waals surface area contributed by atoms with Crippen molar-refractivity contribution >= 4 is 0 Å². The minimum absolute atomic E-state index is 0.303. The van der Waals surface area contributed by atoms with Gasteiger partial charge in [-0.1, -0.05) is 0 Å². The van der Waals surface area contributed by atoms with Gasteiger partial charge in [-0.3, -0.25) is 11.3 Å². The van der Waals surface area contributed by atoms with Crippen LogP contribution in [-0.4, -0.2) is 6.04 Å². The minimum Gasteiger partial charge on any atom is -0.472 e. The van der Waals surface area contributed by atoms with E-state index in [1.807, 2.05) is 13.0 Å². The van der Waals surface area contributed by atoms with E-state index in [0.29, 0.717) is 6.04 Å². The fourth-order valence-corrected chi connectivity index (χ4v) is 0.821. The SMILES string of the molecule is CC(Cc1ccoc1)NN. The van der Waals surface area contributed by atoms with Crippen LogP contribution in [0.1, 0.15) is 12.5 Å². The molecule has 0 bridgehead atoms. The number of hydrogen-bond donors (Lipinski definition) is 2. The summed E-state index contributed by atoms with van der Waals surface area (Å²) in [5, 5.41) is 0. The molecule has 1 unspecified atom stereocenters. The first-order valence-electron chi connectivity index (χ1n) is 3.30. The van der Waals surface area contributed by atoms with E-state index in [4.69, 9.17) is 10.3 Å². The van der Waals surface area contributed by atoms with Gasteiger partial charge in [0, 0.05) is 6.04 Å². The molecule has 0 aliphatic heterocycles. The third kappa shape index (κ3) is 1.86. The first-order chi connectivity index (χ1) is 4.83. The highest BCUT2D eigenvalue weighted by Crippen LogP contribution is 2.02. The Kier molecular flexibility index (Phi) is 2.48. The van der Waals surface area contributed by atoms with Gasteiger partial charge in [-0.15, -0.1) is 0 Å². The van der Waals surface area contributed by atoms with Crippen molar-refractivity contribution in [2.45, 2.75) is 19.4 Å². The quantitative estimate of drug-likeness (QED) is 0.479. The summed E-state index contributed by atoms with van der Waals surface area (Å²) in [4.78, 5) is 0. The van der Waals surface area contributed by atoms with Crippen molar-refractivity contribution in [1.29, 1.82) is 0 Å². The largest absolute Gasteiger partial charge is 0.472 e. The molecule has 0 saturated carbocycles. The lowest BCUT2D eigenvalue weighted by molar-refractivity contribution is 0.545. The maximum atomic E-state index is 5.21. The normalized spacial score (nSPS) is 13.4. The van der Waals surface area contributed by atoms with Crippen LogP contribution < -0.4 is 11.3 Å². The van der Waals surface area contributed by atoms with Crippen LogP contribution >= 0.6 is 0 Å². The highest BCUT2D eigenvalue weighted by Gasteiger charge is 2.00. The molecule has 10 heavy (non-hydrogen) atoms. The Labute approximate surface area is 60.2 Å². The van der Waals surface area contributed by atoms with Gasteiger partial charge in [0.25, 0.3) is 0 Å². The van der Waals surface area contributed by atoms with E-state index in [1.54, 1.807) is 12.5 Å². The highest BCUT2D eigenvalue weighted by atomic mass is 16.3. The molecule has 0 saturated heterocycles. The van der Waals surface area contributed by atoms with Crippen LogP contribution in [0.3, 0.4) is 0 Å². The van der Waals surface area contributed by atoms with Gasteiger partial charge in [0.05, 0.1) is 12.5 Å². The smallest absolute Gasteiger partial charge is 0.0935 e. The molecule has 1 atom stereocenters. The van der Waals surface area contributed by atoms with Crippen molar-refractivity contribution < 1.29 is 4.42 Å². The second-order valence-corrected chi connectivity index (χ2v) is 2.40. The number of rotatable bonds is 3. The first-order valence-corrected chi connectivity index (χ1v) is 3.30. The monoisotopic (exact) mass is 140 g/mol. The molecule has 0 radical (unpaired) electrons. The van der Waals surface area contributed by atoms with E-state index in [-0.39, 0.29) is 0 Å². The molecule has 0 aliphatic rings. The molecule has 1 rings (SSSR count). The van der Waals surface area contributed by atoms with Crippen molar-refractivity contribution in [2.75, 3.05) is 0 Å². The fraction of sp³-hybridized carbons (Fsp3) is 0.429. The second-order valence-electron chi connectivity index (χ2n) is 2.40. The van der Waals surface area contributed by atoms with Gasteiger partial charge in [0.15, 0.2) is 0 Å². The molecule has 0 fully saturated rings. The lowest BCUT2D eigenvalue weighted by Crippen LogP contribution is -2.33. The average Bonchev–Trinajstić information content (AvgIpc) is 2.40. The van der Waals surface area contributed by atoms with Crippen molar-refractivity contribution in [2.24, 2.45) is 5.84 Å². The third-order valence-corrected chi connectivity index (χ3v) is 1.41. The molecular formula is C7H12N2O. The summed E-state index contributed by atoms with van der Waals surface area (Å²) in [6.45, 7) is 2.02. The zero-order valence-corrected chi connectivity index (χ0v) is 6.00. The van der Waals surface area contributed by atoms with E-state index in [9.17, 15) is 0 Å². The molecule has 3 heteroatoms. The zero-order chi connectivity index (χ0) is 7.40. The van der Waals surface area contributed by atoms with E-state index in [0.717, 1.165) is 6.42 Å². The third-order valence-electron chi connectivity index (χ3n) is 1.41. The van der Waals surface area contributed by atoms with Crippen molar-refractivity contribution in [3.05, 3.63) is 24.2 Å². The summed E-state index contributed by atoms with van der Waals surface area (Å²) in [5.41, 5.74) is 3.83. The Morgan fingerprint density at radius 3 is 3.10 bits per heavy atom. The van der Waals surface area contributed by atoms with E-state index in [1.165, 1.54) is 5.56 Å². The number of hydrazine groups is 1. The predicted octanol–water partition coefficient (Wildman–Crippen LogP) is 0.674. The summed E-state index contributed by atoms with van der Waals surface area (Å²) in [6.07, 6.45) is 4.30. The van der Waals surface area contributed by atoms with Crippen LogP contribution in [0, 0.1) is 0 Å². The van der Waals surface area contributed by atoms with Crippen LogP contribution in [0.4, 0.5) is 0 Å². The van der Waals surface area contributed by atoms with Gasteiger partial charge in [0.1, 0.15) is 0 Å². The van der Waals surface area contributed by atoms with Crippen molar-refractivity contribution in [1.82, 2.24) is 5.43 Å². The van der Waals surface area contributed by atoms with E-state index < -0.39 is 0 Å². The lowest BCUT2D eigenvalue weighted by Gasteiger charge is -2.06. The van der Waals surface area contributed by atoms with E-state index in [2.05, 4.69) is 5.43 Å². The molecule has 1 aromatic heterocycles. The van der Waals surface area contributed by atoms with Crippen LogP contribution in [-0.2, 0) is 6.42 Å². The lowest BCUT2D eigenvalue weighted by atomic mass is 10.1. The molecule has 0 aliphatic carbocycles. The van der Waals surface area contributed by atoms with Crippen molar-refractivity contribution in [3.8, 4) is 0 Å². The second kappa shape index (κ2) is 3.39. The van der Waals surface area contributed by atoms with Crippen LogP contribution in [0.2, 0.25) is 0 Å². The molecular weight excluding hydrogens is 128 g/mol. The van der Waals surface area contributed by atoms with Gasteiger partial charge in [0.2, 0.25) is 0 Å². The number of nitrogens with one attached hydrogen (secondary N) is 1. The average molecular weight is 140 g/mol. The number of hydrogen-bond acceptors (Lipinski definition) is 3. The Morgan fingerprint density at radius 2 is 2.60 bits per heavy atom. The first kappa shape index (κ1) is 7.31. The molecule has 0 spiro atoms. The molecule has 1 heterocycles. The van der Waals surface area contributed by atoms with Crippen LogP contribution in [0.15, 0.2) is 23.0 Å². The topological polar surface area (TPSA) is 51.2 Å². The van der Waals surface area contributed by atoms with Gasteiger partial charge in [-0.25, -0.2) is 0 Å². The molecule has 3 N–H and O–H groups in total. The molecule has 0 aromatic carbocycles. The maximum absolute atomic E-state index is 5.21. The highest BCUT2D eigenvalue weighted by molar-refractivity contribution is 5.06. The minimum atomic E-state index is 0.303. The Bertz CT molecular complexity index is 172. The summed E-state index contributed by atoms with van der Waals surface area (Å²) < 4.78 is 4.89. The Morgan fingerprint density at radius 1 is 1.80 bits per heavy atom. The van der Waals surface area contributed by atoms with E-state index >= 15 is 0 Å². The number of nitrogens with two attached hydrogens (primary N) is 1. The predicted molar refractivity (Wildman–Crippen MR) is 39.2 cm³/mol. The van der Waals surface area contributed by atoms with Crippen LogP contribution in [0.5, 0.6) is 0 Å². The Balaban J connectivity index is 2.40. The fourth-order valence-electron chi connectivity index (χ4n) is 0.821. The standard InChI is InChI=1S/C7H12N2O/c1-6(9-8)4-7-2-3-10-5-7/h2-3,5-6,9H,4,8H2,1H3.